The van der Waals surface area contributed by atoms with Gasteiger partial charge in [0.1, 0.15) is 11.4 Å². The lowest BCUT2D eigenvalue weighted by molar-refractivity contribution is -0.138. The maximum absolute atomic E-state index is 13.2. The number of benzene rings is 1. The number of carbonyl (C=O) groups is 1. The van der Waals surface area contributed by atoms with E-state index in [1.54, 1.807) is 24.4 Å². The van der Waals surface area contributed by atoms with Crippen LogP contribution in [0.15, 0.2) is 41.3 Å². The van der Waals surface area contributed by atoms with Crippen LogP contribution in [-0.4, -0.2) is 52.8 Å². The van der Waals surface area contributed by atoms with Gasteiger partial charge in [0.25, 0.3) is 12.0 Å². The number of hydrogen-bond donors (Lipinski definition) is 2. The monoisotopic (exact) mass is 419 g/mol. The zero-order valence-electron chi connectivity index (χ0n) is 17.7. The highest BCUT2D eigenvalue weighted by molar-refractivity contribution is 5.37. The molecule has 0 amide bonds. The minimum absolute atomic E-state index is 0.220. The Morgan fingerprint density at radius 1 is 1.20 bits per heavy atom. The van der Waals surface area contributed by atoms with E-state index in [1.165, 1.54) is 16.7 Å². The second kappa shape index (κ2) is 10.9. The predicted octanol–water partition coefficient (Wildman–Crippen LogP) is 2.10. The summed E-state index contributed by atoms with van der Waals surface area (Å²) in [5, 5.41) is 13.5. The average molecular weight is 419 g/mol. The first-order valence-corrected chi connectivity index (χ1v) is 9.90. The Bertz CT molecular complexity index is 887. The topological polar surface area (TPSA) is 83.8 Å². The number of halogens is 1. The van der Waals surface area contributed by atoms with Crippen molar-refractivity contribution in [3.8, 4) is 5.75 Å². The third-order valence-corrected chi connectivity index (χ3v) is 4.47. The van der Waals surface area contributed by atoms with Crippen LogP contribution in [0.3, 0.4) is 0 Å². The average Bonchev–Trinajstić information content (AvgIpc) is 2.68. The van der Waals surface area contributed by atoms with Gasteiger partial charge in [0.05, 0.1) is 6.54 Å². The Hall–Kier alpha value is -2.71. The Morgan fingerprint density at radius 3 is 2.47 bits per heavy atom. The van der Waals surface area contributed by atoms with Crippen LogP contribution < -0.4 is 10.9 Å². The zero-order chi connectivity index (χ0) is 22.1. The molecule has 7 nitrogen and oxygen atoms in total. The predicted molar refractivity (Wildman–Crippen MR) is 113 cm³/mol. The summed E-state index contributed by atoms with van der Waals surface area (Å²) >= 11 is 0. The molecule has 0 aliphatic carbocycles. The van der Waals surface area contributed by atoms with Crippen LogP contribution >= 0.6 is 0 Å². The molecule has 1 aromatic heterocycles. The van der Waals surface area contributed by atoms with Gasteiger partial charge >= 0.3 is 0 Å². The Balaban J connectivity index is 0.000000396. The highest BCUT2D eigenvalue weighted by atomic mass is 19.1. The van der Waals surface area contributed by atoms with Gasteiger partial charge in [-0.1, -0.05) is 12.1 Å². The van der Waals surface area contributed by atoms with Crippen LogP contribution in [0, 0.1) is 5.82 Å². The van der Waals surface area contributed by atoms with Gasteiger partial charge < -0.3 is 19.7 Å². The molecular weight excluding hydrogens is 389 g/mol. The second-order valence-electron chi connectivity index (χ2n) is 8.11. The van der Waals surface area contributed by atoms with E-state index >= 15 is 0 Å². The highest BCUT2D eigenvalue weighted by Crippen LogP contribution is 2.15. The van der Waals surface area contributed by atoms with Crippen molar-refractivity contribution in [3.05, 3.63) is 63.8 Å². The van der Waals surface area contributed by atoms with Crippen molar-refractivity contribution >= 4 is 6.47 Å². The standard InChI is InChI=1S/C17H20FN3O2.C5H10O2/c18-15-3-1-2-13(10-15)11-21-7-4-14(16(22)17(21)23)12-20-8-5-19-6-9-20;1-5(2,3)7-4-6/h1-4,7,10,19,22H,5-6,8-9,11-12H2;4H,1-3H3. The molecule has 0 radical (unpaired) electrons. The summed E-state index contributed by atoms with van der Waals surface area (Å²) in [5.74, 6) is -0.558. The molecule has 0 saturated carbocycles. The van der Waals surface area contributed by atoms with Crippen LogP contribution in [0.1, 0.15) is 31.9 Å². The molecule has 1 aromatic carbocycles. The number of nitrogens with zero attached hydrogens (tertiary/aromatic N) is 2. The maximum Gasteiger partial charge on any atom is 0.293 e. The Labute approximate surface area is 176 Å². The second-order valence-corrected chi connectivity index (χ2v) is 8.11. The van der Waals surface area contributed by atoms with Crippen molar-refractivity contribution in [1.29, 1.82) is 0 Å². The van der Waals surface area contributed by atoms with E-state index in [2.05, 4.69) is 15.0 Å². The minimum Gasteiger partial charge on any atom is -0.503 e. The van der Waals surface area contributed by atoms with Crippen molar-refractivity contribution in [2.75, 3.05) is 26.2 Å². The first kappa shape index (κ1) is 23.6. The summed E-state index contributed by atoms with van der Waals surface area (Å²) in [5.41, 5.74) is 0.553. The first-order valence-electron chi connectivity index (χ1n) is 9.90. The molecule has 0 atom stereocenters. The van der Waals surface area contributed by atoms with E-state index in [-0.39, 0.29) is 23.7 Å². The van der Waals surface area contributed by atoms with Gasteiger partial charge in [0.15, 0.2) is 5.75 Å². The van der Waals surface area contributed by atoms with Crippen LogP contribution in [-0.2, 0) is 22.6 Å². The molecule has 1 saturated heterocycles. The number of hydrogen-bond acceptors (Lipinski definition) is 6. The quantitative estimate of drug-likeness (QED) is 0.723. The smallest absolute Gasteiger partial charge is 0.293 e. The number of aromatic nitrogens is 1. The van der Waals surface area contributed by atoms with Crippen molar-refractivity contribution in [2.24, 2.45) is 0 Å². The number of ether oxygens (including phenoxy) is 1. The summed E-state index contributed by atoms with van der Waals surface area (Å²) < 4.78 is 19.2. The molecule has 2 N–H and O–H groups in total. The molecule has 0 unspecified atom stereocenters. The molecule has 2 heterocycles. The van der Waals surface area contributed by atoms with Crippen molar-refractivity contribution in [3.63, 3.8) is 0 Å². The SMILES string of the molecule is CC(C)(C)OC=O.O=c1c(O)c(CN2CCNCC2)ccn1Cc1cccc(F)c1. The van der Waals surface area contributed by atoms with Crippen molar-refractivity contribution in [1.82, 2.24) is 14.8 Å². The van der Waals surface area contributed by atoms with Crippen LogP contribution in [0.5, 0.6) is 5.75 Å². The number of pyridine rings is 1. The van der Waals surface area contributed by atoms with Gasteiger partial charge in [-0.3, -0.25) is 14.5 Å². The first-order chi connectivity index (χ1) is 14.2. The molecule has 1 aliphatic heterocycles. The van der Waals surface area contributed by atoms with Crippen molar-refractivity contribution < 1.29 is 19.0 Å². The van der Waals surface area contributed by atoms with Gasteiger partial charge in [0.2, 0.25) is 0 Å². The molecule has 1 aliphatic rings. The van der Waals surface area contributed by atoms with Gasteiger partial charge in [-0.05, 0) is 44.5 Å². The largest absolute Gasteiger partial charge is 0.503 e. The molecule has 2 aromatic rings. The van der Waals surface area contributed by atoms with Gasteiger partial charge in [-0.15, -0.1) is 0 Å². The van der Waals surface area contributed by atoms with E-state index < -0.39 is 5.56 Å². The normalized spacial score (nSPS) is 14.5. The summed E-state index contributed by atoms with van der Waals surface area (Å²) in [6.07, 6.45) is 1.66. The summed E-state index contributed by atoms with van der Waals surface area (Å²) in [6.45, 7) is 10.3. The molecule has 0 spiro atoms. The Kier molecular flexibility index (Phi) is 8.56. The van der Waals surface area contributed by atoms with Crippen molar-refractivity contribution in [2.45, 2.75) is 39.5 Å². The fourth-order valence-electron chi connectivity index (χ4n) is 2.94. The number of carbonyl (C=O) groups excluding carboxylic acids is 1. The van der Waals surface area contributed by atoms with Gasteiger partial charge in [-0.2, -0.15) is 0 Å². The number of rotatable bonds is 5. The lowest BCUT2D eigenvalue weighted by atomic mass is 10.2. The van der Waals surface area contributed by atoms with E-state index in [1.807, 2.05) is 20.8 Å². The third-order valence-electron chi connectivity index (χ3n) is 4.47. The molecule has 0 bridgehead atoms. The van der Waals surface area contributed by atoms with E-state index in [4.69, 9.17) is 0 Å². The Morgan fingerprint density at radius 2 is 1.90 bits per heavy atom. The summed E-state index contributed by atoms with van der Waals surface area (Å²) in [7, 11) is 0. The zero-order valence-corrected chi connectivity index (χ0v) is 17.7. The fraction of sp³-hybridized carbons (Fsp3) is 0.455. The van der Waals surface area contributed by atoms with Gasteiger partial charge in [-0.25, -0.2) is 4.39 Å². The fourth-order valence-corrected chi connectivity index (χ4v) is 2.94. The van der Waals surface area contributed by atoms with Gasteiger partial charge in [0, 0.05) is 44.5 Å². The van der Waals surface area contributed by atoms with E-state index in [0.29, 0.717) is 24.1 Å². The number of nitrogens with one attached hydrogen (secondary N) is 1. The molecular formula is C22H30FN3O4. The molecule has 8 heteroatoms. The minimum atomic E-state index is -0.443. The summed E-state index contributed by atoms with van der Waals surface area (Å²) in [6, 6.07) is 7.87. The van der Waals surface area contributed by atoms with E-state index in [9.17, 15) is 19.1 Å². The lowest BCUT2D eigenvalue weighted by Crippen LogP contribution is -2.43. The van der Waals surface area contributed by atoms with Crippen LogP contribution in [0.25, 0.3) is 0 Å². The third kappa shape index (κ3) is 7.61. The molecule has 30 heavy (non-hydrogen) atoms. The molecule has 164 valence electrons. The highest BCUT2D eigenvalue weighted by Gasteiger charge is 2.15. The summed E-state index contributed by atoms with van der Waals surface area (Å²) in [4.78, 5) is 24.1. The van der Waals surface area contributed by atoms with Crippen LogP contribution in [0.2, 0.25) is 0 Å². The number of piperazine rings is 1. The van der Waals surface area contributed by atoms with E-state index in [0.717, 1.165) is 26.2 Å². The number of aromatic hydroxyl groups is 1. The lowest BCUT2D eigenvalue weighted by Gasteiger charge is -2.27. The van der Waals surface area contributed by atoms with Crippen LogP contribution in [0.4, 0.5) is 4.39 Å². The molecule has 1 fully saturated rings. The maximum atomic E-state index is 13.2. The molecule has 3 rings (SSSR count).